The fourth-order valence-electron chi connectivity index (χ4n) is 2.09. The van der Waals surface area contributed by atoms with Crippen molar-refractivity contribution < 1.29 is 18.1 Å². The third-order valence-corrected chi connectivity index (χ3v) is 4.55. The molecule has 1 heterocycles. The topological polar surface area (TPSA) is 98.5 Å². The molecule has 0 aliphatic carbocycles. The summed E-state index contributed by atoms with van der Waals surface area (Å²) in [6.07, 6.45) is 0. The molecule has 1 N–H and O–H groups in total. The van der Waals surface area contributed by atoms with Gasteiger partial charge in [-0.05, 0) is 24.2 Å². The smallest absolute Gasteiger partial charge is 0.269 e. The van der Waals surface area contributed by atoms with Crippen molar-refractivity contribution in [3.8, 4) is 0 Å². The molecule has 1 aromatic carbocycles. The highest BCUT2D eigenvalue weighted by Crippen LogP contribution is 2.30. The molecule has 0 fully saturated rings. The zero-order valence-corrected chi connectivity index (χ0v) is 11.1. The summed E-state index contributed by atoms with van der Waals surface area (Å²) in [4.78, 5) is 10.3. The van der Waals surface area contributed by atoms with E-state index in [0.29, 0.717) is 12.2 Å². The summed E-state index contributed by atoms with van der Waals surface area (Å²) in [7, 11) is -2.05. The van der Waals surface area contributed by atoms with E-state index in [1.807, 2.05) is 0 Å². The van der Waals surface area contributed by atoms with Gasteiger partial charge in [-0.1, -0.05) is 0 Å². The van der Waals surface area contributed by atoms with Gasteiger partial charge in [0.25, 0.3) is 5.69 Å². The molecule has 0 amide bonds. The van der Waals surface area contributed by atoms with Gasteiger partial charge in [-0.2, -0.15) is 0 Å². The van der Waals surface area contributed by atoms with Gasteiger partial charge >= 0.3 is 0 Å². The lowest BCUT2D eigenvalue weighted by Gasteiger charge is -2.25. The van der Waals surface area contributed by atoms with Crippen LogP contribution in [0.15, 0.2) is 18.2 Å². The van der Waals surface area contributed by atoms with Gasteiger partial charge in [0.2, 0.25) is 10.0 Å². The maximum atomic E-state index is 11.6. The molecule has 1 aromatic rings. The van der Waals surface area contributed by atoms with Crippen LogP contribution in [0.2, 0.25) is 0 Å². The number of nitrogens with one attached hydrogen (secondary N) is 1. The Morgan fingerprint density at radius 1 is 1.53 bits per heavy atom. The van der Waals surface area contributed by atoms with E-state index in [4.69, 9.17) is 4.74 Å². The maximum absolute atomic E-state index is 11.6. The predicted octanol–water partition coefficient (Wildman–Crippen LogP) is 0.758. The summed E-state index contributed by atoms with van der Waals surface area (Å²) >= 11 is 0. The third-order valence-electron chi connectivity index (χ3n) is 3.09. The minimum atomic E-state index is -3.39. The second-order valence-corrected chi connectivity index (χ2v) is 6.31. The highest BCUT2D eigenvalue weighted by Gasteiger charge is 2.27. The van der Waals surface area contributed by atoms with Crippen molar-refractivity contribution in [2.75, 3.05) is 19.4 Å². The summed E-state index contributed by atoms with van der Waals surface area (Å²) in [5, 5.41) is 10.8. The van der Waals surface area contributed by atoms with E-state index in [2.05, 4.69) is 4.72 Å². The first-order chi connectivity index (χ1) is 8.93. The van der Waals surface area contributed by atoms with E-state index in [0.717, 1.165) is 5.56 Å². The predicted molar refractivity (Wildman–Crippen MR) is 68.3 cm³/mol. The van der Waals surface area contributed by atoms with Gasteiger partial charge in [0, 0.05) is 18.1 Å². The van der Waals surface area contributed by atoms with Crippen LogP contribution in [0.5, 0.6) is 0 Å². The number of non-ortho nitro benzene ring substituents is 1. The lowest BCUT2D eigenvalue weighted by Crippen LogP contribution is -2.30. The Morgan fingerprint density at radius 2 is 2.26 bits per heavy atom. The summed E-state index contributed by atoms with van der Waals surface area (Å²) in [6.45, 7) is 0.596. The molecule has 0 spiro atoms. The molecular weight excluding hydrogens is 272 g/mol. The zero-order valence-electron chi connectivity index (χ0n) is 10.3. The standard InChI is InChI=1S/C11H14N2O5S/c1-12-19(16,17)7-9-6-18-5-8-2-3-10(13(14)15)4-11(8)9/h2-4,9,12H,5-7H2,1H3. The number of fused-ring (bicyclic) bond motifs is 1. The van der Waals surface area contributed by atoms with E-state index in [-0.39, 0.29) is 24.0 Å². The Bertz CT molecular complexity index is 599. The Labute approximate surface area is 110 Å². The molecule has 1 unspecified atom stereocenters. The minimum absolute atomic E-state index is 0.0347. The van der Waals surface area contributed by atoms with Crippen LogP contribution in [-0.2, 0) is 21.4 Å². The highest BCUT2D eigenvalue weighted by atomic mass is 32.2. The van der Waals surface area contributed by atoms with Crippen molar-refractivity contribution in [2.24, 2.45) is 0 Å². The molecular formula is C11H14N2O5S. The molecule has 7 nitrogen and oxygen atoms in total. The summed E-state index contributed by atoms with van der Waals surface area (Å²) in [6, 6.07) is 4.45. The molecule has 1 aliphatic heterocycles. The van der Waals surface area contributed by atoms with Crippen LogP contribution in [0.4, 0.5) is 5.69 Å². The zero-order chi connectivity index (χ0) is 14.0. The number of hydrogen-bond donors (Lipinski definition) is 1. The molecule has 0 saturated carbocycles. The average Bonchev–Trinajstić information content (AvgIpc) is 2.38. The van der Waals surface area contributed by atoms with Crippen molar-refractivity contribution in [1.82, 2.24) is 4.72 Å². The number of nitro groups is 1. The number of benzene rings is 1. The molecule has 0 saturated heterocycles. The Kier molecular flexibility index (Phi) is 3.83. The number of nitrogens with zero attached hydrogens (tertiary/aromatic N) is 1. The van der Waals surface area contributed by atoms with E-state index in [1.165, 1.54) is 19.2 Å². The number of nitro benzene ring substituents is 1. The summed E-state index contributed by atoms with van der Waals surface area (Å²) < 4.78 is 30.8. The van der Waals surface area contributed by atoms with Crippen LogP contribution in [-0.4, -0.2) is 32.7 Å². The van der Waals surface area contributed by atoms with E-state index in [9.17, 15) is 18.5 Å². The van der Waals surface area contributed by atoms with Gasteiger partial charge in [-0.25, -0.2) is 13.1 Å². The lowest BCUT2D eigenvalue weighted by molar-refractivity contribution is -0.385. The first kappa shape index (κ1) is 13.9. The summed E-state index contributed by atoms with van der Waals surface area (Å²) in [5.41, 5.74) is 1.44. The minimum Gasteiger partial charge on any atom is -0.376 e. The quantitative estimate of drug-likeness (QED) is 0.650. The monoisotopic (exact) mass is 286 g/mol. The maximum Gasteiger partial charge on any atom is 0.269 e. The van der Waals surface area contributed by atoms with E-state index in [1.54, 1.807) is 6.07 Å². The summed E-state index contributed by atoms with van der Waals surface area (Å²) in [5.74, 6) is -0.529. The van der Waals surface area contributed by atoms with Crippen LogP contribution < -0.4 is 4.72 Å². The molecule has 0 radical (unpaired) electrons. The second-order valence-electron chi connectivity index (χ2n) is 4.34. The molecule has 1 atom stereocenters. The van der Waals surface area contributed by atoms with Crippen LogP contribution in [0.25, 0.3) is 0 Å². The largest absolute Gasteiger partial charge is 0.376 e. The van der Waals surface area contributed by atoms with Crippen LogP contribution in [0, 0.1) is 10.1 Å². The van der Waals surface area contributed by atoms with E-state index < -0.39 is 14.9 Å². The van der Waals surface area contributed by atoms with Crippen LogP contribution >= 0.6 is 0 Å². The lowest BCUT2D eigenvalue weighted by atomic mass is 9.94. The van der Waals surface area contributed by atoms with Crippen molar-refractivity contribution >= 4 is 15.7 Å². The molecule has 8 heteroatoms. The molecule has 104 valence electrons. The van der Waals surface area contributed by atoms with Gasteiger partial charge in [-0.15, -0.1) is 0 Å². The Hall–Kier alpha value is -1.51. The van der Waals surface area contributed by atoms with Crippen LogP contribution in [0.3, 0.4) is 0 Å². The van der Waals surface area contributed by atoms with Gasteiger partial charge in [0.15, 0.2) is 0 Å². The fraction of sp³-hybridized carbons (Fsp3) is 0.455. The molecule has 0 bridgehead atoms. The second kappa shape index (κ2) is 5.24. The van der Waals surface area contributed by atoms with Gasteiger partial charge in [-0.3, -0.25) is 10.1 Å². The Balaban J connectivity index is 2.37. The van der Waals surface area contributed by atoms with Crippen LogP contribution in [0.1, 0.15) is 17.0 Å². The van der Waals surface area contributed by atoms with Crippen molar-refractivity contribution in [3.63, 3.8) is 0 Å². The van der Waals surface area contributed by atoms with Gasteiger partial charge in [0.1, 0.15) is 0 Å². The van der Waals surface area contributed by atoms with Crippen molar-refractivity contribution in [1.29, 1.82) is 0 Å². The fourth-order valence-corrected chi connectivity index (χ4v) is 3.07. The van der Waals surface area contributed by atoms with Gasteiger partial charge < -0.3 is 4.74 Å². The number of rotatable bonds is 4. The van der Waals surface area contributed by atoms with E-state index >= 15 is 0 Å². The van der Waals surface area contributed by atoms with Gasteiger partial charge in [0.05, 0.1) is 23.9 Å². The number of ether oxygens (including phenoxy) is 1. The van der Waals surface area contributed by atoms with Crippen molar-refractivity contribution in [3.05, 3.63) is 39.4 Å². The first-order valence-electron chi connectivity index (χ1n) is 5.69. The SMILES string of the molecule is CNS(=O)(=O)CC1COCc2ccc([N+](=O)[O-])cc21. The average molecular weight is 286 g/mol. The van der Waals surface area contributed by atoms with Crippen molar-refractivity contribution in [2.45, 2.75) is 12.5 Å². The molecule has 19 heavy (non-hydrogen) atoms. The normalized spacial score (nSPS) is 18.9. The highest BCUT2D eigenvalue weighted by molar-refractivity contribution is 7.89. The molecule has 0 aromatic heterocycles. The molecule has 2 rings (SSSR count). The Morgan fingerprint density at radius 3 is 2.89 bits per heavy atom. The number of sulfonamides is 1. The first-order valence-corrected chi connectivity index (χ1v) is 7.34. The number of hydrogen-bond acceptors (Lipinski definition) is 5. The third kappa shape index (κ3) is 3.09. The molecule has 1 aliphatic rings.